The van der Waals surface area contributed by atoms with E-state index in [9.17, 15) is 29.2 Å². The summed E-state index contributed by atoms with van der Waals surface area (Å²) >= 11 is 1.73. The van der Waals surface area contributed by atoms with Gasteiger partial charge in [-0.25, -0.2) is 0 Å². The van der Waals surface area contributed by atoms with Crippen molar-refractivity contribution < 1.29 is 18.9 Å². The van der Waals surface area contributed by atoms with Crippen molar-refractivity contribution >= 4 is 41.8 Å². The Morgan fingerprint density at radius 3 is 2.63 bits per heavy atom. The predicted molar refractivity (Wildman–Crippen MR) is 116 cm³/mol. The van der Waals surface area contributed by atoms with Gasteiger partial charge in [0.2, 0.25) is 0 Å². The highest BCUT2D eigenvalue weighted by molar-refractivity contribution is 7.99. The molecular weight excluding hydrogens is 435 g/mol. The van der Waals surface area contributed by atoms with Gasteiger partial charge < -0.3 is 19.3 Å². The van der Waals surface area contributed by atoms with Crippen LogP contribution in [0.1, 0.15) is 20.3 Å². The number of nitro groups is 1. The molecule has 0 amide bonds. The highest BCUT2D eigenvalue weighted by Gasteiger charge is 2.28. The van der Waals surface area contributed by atoms with Crippen molar-refractivity contribution in [3.63, 3.8) is 0 Å². The maximum absolute atomic E-state index is 12.6. The van der Waals surface area contributed by atoms with E-state index >= 15 is 0 Å². The predicted octanol–water partition coefficient (Wildman–Crippen LogP) is 2.11. The molecule has 11 nitrogen and oxygen atoms in total. The van der Waals surface area contributed by atoms with Crippen LogP contribution in [0.25, 0.3) is 11.0 Å². The number of H-pyrrole nitrogens is 1. The largest absolute Gasteiger partial charge is 0.364 e. The second kappa shape index (κ2) is 8.93. The molecule has 0 aliphatic carbocycles. The first kappa shape index (κ1) is 22.5. The molecule has 0 spiro atoms. The summed E-state index contributed by atoms with van der Waals surface area (Å²) in [5.74, 6) is 1.59. The number of aromatic nitrogens is 2. The minimum absolute atomic E-state index is 0.0324. The summed E-state index contributed by atoms with van der Waals surface area (Å²) in [4.78, 5) is 50.1. The standard InChI is InChI=1S/C17H23N4O7PS/c1-3-11(2)28-29(26,27)10-20-13-9-14(19-4-6-30-7-5-19)15(21(24)25)8-12(13)18-16(22)17(20)23/h8-9,11H,3-7,10H2,1-2H3,(H,18,22)(H,26,27). The van der Waals surface area contributed by atoms with Crippen LogP contribution in [-0.4, -0.2) is 50.1 Å². The molecule has 0 saturated carbocycles. The summed E-state index contributed by atoms with van der Waals surface area (Å²) in [7, 11) is -4.26. The van der Waals surface area contributed by atoms with Crippen molar-refractivity contribution in [3.8, 4) is 0 Å². The zero-order chi connectivity index (χ0) is 22.1. The second-order valence-corrected chi connectivity index (χ2v) is 10.00. The minimum atomic E-state index is -4.26. The van der Waals surface area contributed by atoms with E-state index in [4.69, 9.17) is 4.52 Å². The number of hydrogen-bond acceptors (Lipinski definition) is 8. The molecule has 30 heavy (non-hydrogen) atoms. The van der Waals surface area contributed by atoms with Gasteiger partial charge in [0.15, 0.2) is 0 Å². The SMILES string of the molecule is CCC(C)OP(=O)(O)Cn1c(=O)c(=O)[nH]c2cc([N+](=O)[O-])c(N3CCSCC3)cc21. The van der Waals surface area contributed by atoms with Crippen LogP contribution >= 0.6 is 19.4 Å². The molecule has 1 aromatic heterocycles. The van der Waals surface area contributed by atoms with Gasteiger partial charge in [-0.1, -0.05) is 6.92 Å². The number of nitro benzene ring substituents is 1. The molecule has 13 heteroatoms. The summed E-state index contributed by atoms with van der Waals surface area (Å²) in [6.45, 7) is 4.57. The maximum atomic E-state index is 12.6. The van der Waals surface area contributed by atoms with E-state index in [1.54, 1.807) is 25.6 Å². The summed E-state index contributed by atoms with van der Waals surface area (Å²) in [6.07, 6.45) is -0.768. The molecule has 2 unspecified atom stereocenters. The van der Waals surface area contributed by atoms with Gasteiger partial charge in [-0.3, -0.25) is 28.8 Å². The normalized spacial score (nSPS) is 17.6. The Bertz CT molecular complexity index is 1130. The smallest absolute Gasteiger partial charge is 0.348 e. The highest BCUT2D eigenvalue weighted by atomic mass is 32.2. The zero-order valence-electron chi connectivity index (χ0n) is 16.6. The first-order valence-electron chi connectivity index (χ1n) is 9.41. The third kappa shape index (κ3) is 4.77. The number of fused-ring (bicyclic) bond motifs is 1. The molecule has 0 radical (unpaired) electrons. The Balaban J connectivity index is 2.20. The van der Waals surface area contributed by atoms with Crippen LogP contribution in [-0.2, 0) is 15.4 Å². The van der Waals surface area contributed by atoms with E-state index in [0.717, 1.165) is 16.1 Å². The molecule has 1 aliphatic rings. The van der Waals surface area contributed by atoms with Crippen molar-refractivity contribution in [2.75, 3.05) is 29.5 Å². The second-order valence-electron chi connectivity index (χ2n) is 7.01. The number of aromatic amines is 1. The number of benzene rings is 1. The topological polar surface area (TPSA) is 148 Å². The molecule has 0 bridgehead atoms. The van der Waals surface area contributed by atoms with Crippen LogP contribution in [0, 0.1) is 10.1 Å². The monoisotopic (exact) mass is 458 g/mol. The third-order valence-corrected chi connectivity index (χ3v) is 7.13. The number of thioether (sulfide) groups is 1. The summed E-state index contributed by atoms with van der Waals surface area (Å²) < 4.78 is 18.6. The van der Waals surface area contributed by atoms with Crippen LogP contribution < -0.4 is 16.0 Å². The van der Waals surface area contributed by atoms with E-state index in [-0.39, 0.29) is 16.7 Å². The third-order valence-electron chi connectivity index (χ3n) is 4.86. The van der Waals surface area contributed by atoms with Gasteiger partial charge in [0, 0.05) is 30.7 Å². The Labute approximate surface area is 175 Å². The Hall–Kier alpha value is -2.14. The van der Waals surface area contributed by atoms with Crippen LogP contribution in [0.4, 0.5) is 11.4 Å². The average Bonchev–Trinajstić information content (AvgIpc) is 2.70. The van der Waals surface area contributed by atoms with Crippen LogP contribution in [0.15, 0.2) is 21.7 Å². The van der Waals surface area contributed by atoms with Gasteiger partial charge in [-0.2, -0.15) is 11.8 Å². The molecule has 3 rings (SSSR count). The number of hydrogen-bond donors (Lipinski definition) is 2. The van der Waals surface area contributed by atoms with Crippen molar-refractivity contribution in [1.29, 1.82) is 0 Å². The molecule has 2 heterocycles. The van der Waals surface area contributed by atoms with Crippen molar-refractivity contribution in [3.05, 3.63) is 43.0 Å². The molecule has 2 N–H and O–H groups in total. The lowest BCUT2D eigenvalue weighted by Gasteiger charge is -2.28. The van der Waals surface area contributed by atoms with E-state index < -0.39 is 36.0 Å². The molecule has 2 atom stereocenters. The zero-order valence-corrected chi connectivity index (χ0v) is 18.3. The van der Waals surface area contributed by atoms with Crippen molar-refractivity contribution in [2.45, 2.75) is 32.7 Å². The summed E-state index contributed by atoms with van der Waals surface area (Å²) in [5, 5.41) is 11.6. The lowest BCUT2D eigenvalue weighted by molar-refractivity contribution is -0.384. The summed E-state index contributed by atoms with van der Waals surface area (Å²) in [6, 6.07) is 2.60. The lowest BCUT2D eigenvalue weighted by Crippen LogP contribution is -2.37. The Morgan fingerprint density at radius 2 is 2.03 bits per heavy atom. The fraction of sp³-hybridized carbons (Fsp3) is 0.529. The van der Waals surface area contributed by atoms with Gasteiger partial charge in [-0.05, 0) is 19.4 Å². The van der Waals surface area contributed by atoms with E-state index in [1.165, 1.54) is 12.1 Å². The highest BCUT2D eigenvalue weighted by Crippen LogP contribution is 2.46. The average molecular weight is 458 g/mol. The summed E-state index contributed by atoms with van der Waals surface area (Å²) in [5.41, 5.74) is -1.83. The quantitative estimate of drug-likeness (QED) is 0.275. The number of nitrogens with zero attached hydrogens (tertiary/aromatic N) is 3. The van der Waals surface area contributed by atoms with Gasteiger partial charge in [0.1, 0.15) is 12.0 Å². The van der Waals surface area contributed by atoms with Crippen molar-refractivity contribution in [1.82, 2.24) is 9.55 Å². The number of nitrogens with one attached hydrogen (secondary N) is 1. The first-order valence-corrected chi connectivity index (χ1v) is 12.3. The number of anilines is 1. The molecule has 164 valence electrons. The van der Waals surface area contributed by atoms with Gasteiger partial charge >= 0.3 is 18.7 Å². The molecule has 1 saturated heterocycles. The molecular formula is C17H23N4O7PS. The van der Waals surface area contributed by atoms with Gasteiger partial charge in [0.25, 0.3) is 5.69 Å². The maximum Gasteiger partial charge on any atom is 0.348 e. The van der Waals surface area contributed by atoms with E-state index in [2.05, 4.69) is 4.98 Å². The van der Waals surface area contributed by atoms with Crippen LogP contribution in [0.5, 0.6) is 0 Å². The minimum Gasteiger partial charge on any atom is -0.364 e. The molecule has 1 aromatic carbocycles. The number of rotatable bonds is 7. The first-order chi connectivity index (χ1) is 14.1. The molecule has 1 aliphatic heterocycles. The van der Waals surface area contributed by atoms with Crippen LogP contribution in [0.2, 0.25) is 0 Å². The van der Waals surface area contributed by atoms with E-state index in [0.29, 0.717) is 25.2 Å². The Kier molecular flexibility index (Phi) is 6.71. The van der Waals surface area contributed by atoms with Crippen LogP contribution in [0.3, 0.4) is 0 Å². The fourth-order valence-corrected chi connectivity index (χ4v) is 5.53. The molecule has 2 aromatic rings. The van der Waals surface area contributed by atoms with Gasteiger partial charge in [0.05, 0.1) is 22.1 Å². The fourth-order valence-electron chi connectivity index (χ4n) is 3.21. The van der Waals surface area contributed by atoms with Crippen molar-refractivity contribution in [2.24, 2.45) is 0 Å². The Morgan fingerprint density at radius 1 is 1.37 bits per heavy atom. The van der Waals surface area contributed by atoms with E-state index in [1.807, 2.05) is 4.90 Å². The molecule has 1 fully saturated rings. The lowest BCUT2D eigenvalue weighted by atomic mass is 10.2. The van der Waals surface area contributed by atoms with Gasteiger partial charge in [-0.15, -0.1) is 0 Å².